The zero-order valence-electron chi connectivity index (χ0n) is 9.49. The van der Waals surface area contributed by atoms with Gasteiger partial charge in [-0.05, 0) is 18.8 Å². The Kier molecular flexibility index (Phi) is 3.07. The Labute approximate surface area is 93.8 Å². The van der Waals surface area contributed by atoms with Crippen LogP contribution in [0.5, 0.6) is 6.01 Å². The highest BCUT2D eigenvalue weighted by Gasteiger charge is 2.30. The van der Waals surface area contributed by atoms with Crippen molar-refractivity contribution < 1.29 is 9.53 Å². The van der Waals surface area contributed by atoms with E-state index in [2.05, 4.69) is 27.4 Å². The molecule has 1 aliphatic rings. The molecule has 1 heterocycles. The Hall–Kier alpha value is -1.59. The first-order chi connectivity index (χ1) is 7.70. The molecule has 0 bridgehead atoms. The molecule has 6 nitrogen and oxygen atoms in total. The Morgan fingerprint density at radius 3 is 2.94 bits per heavy atom. The maximum atomic E-state index is 11.9. The lowest BCUT2D eigenvalue weighted by molar-refractivity contribution is -0.120. The number of hydrogen-bond donors (Lipinski definition) is 2. The lowest BCUT2D eigenvalue weighted by atomic mass is 9.97. The minimum Gasteiger partial charge on any atom is -0.466 e. The van der Waals surface area contributed by atoms with Gasteiger partial charge >= 0.3 is 6.01 Å². The fourth-order valence-electron chi connectivity index (χ4n) is 2.14. The first kappa shape index (κ1) is 10.9. The molecule has 0 aliphatic heterocycles. The summed E-state index contributed by atoms with van der Waals surface area (Å²) in [5.41, 5.74) is 0. The minimum atomic E-state index is 0.0174. The first-order valence-electron chi connectivity index (χ1n) is 5.48. The number of rotatable bonds is 3. The topological polar surface area (TPSA) is 79.9 Å². The molecule has 88 valence electrons. The van der Waals surface area contributed by atoms with Gasteiger partial charge in [-0.3, -0.25) is 10.1 Å². The molecule has 1 saturated carbocycles. The van der Waals surface area contributed by atoms with Crippen LogP contribution in [0.1, 0.15) is 26.2 Å². The Morgan fingerprint density at radius 1 is 1.56 bits per heavy atom. The van der Waals surface area contributed by atoms with Crippen molar-refractivity contribution in [3.8, 4) is 6.01 Å². The van der Waals surface area contributed by atoms with Crippen molar-refractivity contribution in [2.75, 3.05) is 12.4 Å². The largest absolute Gasteiger partial charge is 0.466 e. The van der Waals surface area contributed by atoms with Crippen molar-refractivity contribution in [1.29, 1.82) is 0 Å². The minimum absolute atomic E-state index is 0.0174. The molecule has 2 unspecified atom stereocenters. The third-order valence-corrected chi connectivity index (χ3v) is 3.09. The fourth-order valence-corrected chi connectivity index (χ4v) is 2.14. The molecule has 2 rings (SSSR count). The molecular weight excluding hydrogens is 208 g/mol. The maximum Gasteiger partial charge on any atom is 0.336 e. The number of aromatic amines is 1. The maximum absolute atomic E-state index is 11.9. The number of H-pyrrole nitrogens is 1. The molecule has 1 aromatic heterocycles. The number of nitrogens with one attached hydrogen (secondary N) is 2. The van der Waals surface area contributed by atoms with Crippen LogP contribution in [-0.2, 0) is 4.79 Å². The summed E-state index contributed by atoms with van der Waals surface area (Å²) in [4.78, 5) is 15.8. The van der Waals surface area contributed by atoms with E-state index >= 15 is 0 Å². The second kappa shape index (κ2) is 4.51. The Balaban J connectivity index is 1.96. The van der Waals surface area contributed by atoms with Crippen molar-refractivity contribution in [3.05, 3.63) is 0 Å². The van der Waals surface area contributed by atoms with Gasteiger partial charge in [-0.25, -0.2) is 5.10 Å². The van der Waals surface area contributed by atoms with Gasteiger partial charge in [0.15, 0.2) is 0 Å². The predicted molar refractivity (Wildman–Crippen MR) is 58.1 cm³/mol. The third kappa shape index (κ3) is 2.15. The van der Waals surface area contributed by atoms with Crippen LogP contribution < -0.4 is 10.1 Å². The highest BCUT2D eigenvalue weighted by molar-refractivity contribution is 5.91. The monoisotopic (exact) mass is 224 g/mol. The van der Waals surface area contributed by atoms with Gasteiger partial charge < -0.3 is 4.74 Å². The van der Waals surface area contributed by atoms with Gasteiger partial charge in [0.1, 0.15) is 0 Å². The average Bonchev–Trinajstić information content (AvgIpc) is 2.86. The molecule has 6 heteroatoms. The van der Waals surface area contributed by atoms with E-state index in [1.165, 1.54) is 7.11 Å². The van der Waals surface area contributed by atoms with E-state index in [9.17, 15) is 4.79 Å². The van der Waals surface area contributed by atoms with Crippen molar-refractivity contribution >= 4 is 11.9 Å². The summed E-state index contributed by atoms with van der Waals surface area (Å²) in [6, 6.07) is 0.231. The normalized spacial score (nSPS) is 24.4. The highest BCUT2D eigenvalue weighted by atomic mass is 16.5. The van der Waals surface area contributed by atoms with E-state index in [0.29, 0.717) is 11.9 Å². The van der Waals surface area contributed by atoms with Crippen molar-refractivity contribution in [2.24, 2.45) is 11.8 Å². The number of anilines is 1. The molecule has 1 amide bonds. The van der Waals surface area contributed by atoms with Crippen LogP contribution in [0.3, 0.4) is 0 Å². The number of methoxy groups -OCH3 is 1. The summed E-state index contributed by atoms with van der Waals surface area (Å²) in [6.45, 7) is 2.11. The zero-order valence-corrected chi connectivity index (χ0v) is 9.49. The summed E-state index contributed by atoms with van der Waals surface area (Å²) >= 11 is 0. The van der Waals surface area contributed by atoms with E-state index in [1.54, 1.807) is 0 Å². The van der Waals surface area contributed by atoms with Crippen molar-refractivity contribution in [1.82, 2.24) is 15.2 Å². The number of hydrogen-bond acceptors (Lipinski definition) is 4. The van der Waals surface area contributed by atoms with E-state index < -0.39 is 0 Å². The standard InChI is InChI=1S/C10H16N4O2/c1-6-4-3-5-7(6)8(15)11-9-12-10(16-2)14-13-9/h6-7H,3-5H2,1-2H3,(H2,11,12,13,14,15). The number of carbonyl (C=O) groups excluding carboxylic acids is 1. The van der Waals surface area contributed by atoms with Crippen LogP contribution in [0.25, 0.3) is 0 Å². The van der Waals surface area contributed by atoms with Gasteiger partial charge in [-0.15, -0.1) is 5.10 Å². The molecule has 1 aromatic rings. The molecular formula is C10H16N4O2. The molecule has 1 fully saturated rings. The molecule has 2 N–H and O–H groups in total. The number of ether oxygens (including phenoxy) is 1. The number of amides is 1. The molecule has 0 saturated heterocycles. The smallest absolute Gasteiger partial charge is 0.336 e. The first-order valence-corrected chi connectivity index (χ1v) is 5.48. The average molecular weight is 224 g/mol. The van der Waals surface area contributed by atoms with Gasteiger partial charge in [0.05, 0.1) is 7.11 Å². The van der Waals surface area contributed by atoms with Gasteiger partial charge in [0, 0.05) is 5.92 Å². The van der Waals surface area contributed by atoms with Gasteiger partial charge in [-0.2, -0.15) is 4.98 Å². The van der Waals surface area contributed by atoms with Gasteiger partial charge in [0.2, 0.25) is 11.9 Å². The Bertz CT molecular complexity index is 377. The van der Waals surface area contributed by atoms with E-state index in [-0.39, 0.29) is 17.8 Å². The lowest BCUT2D eigenvalue weighted by Crippen LogP contribution is -2.25. The van der Waals surface area contributed by atoms with Crippen LogP contribution in [0.2, 0.25) is 0 Å². The summed E-state index contributed by atoms with van der Waals surface area (Å²) in [5.74, 6) is 0.908. The highest BCUT2D eigenvalue weighted by Crippen LogP contribution is 2.31. The number of nitrogens with zero attached hydrogens (tertiary/aromatic N) is 2. The van der Waals surface area contributed by atoms with Crippen LogP contribution in [0, 0.1) is 11.8 Å². The van der Waals surface area contributed by atoms with E-state index in [4.69, 9.17) is 4.74 Å². The number of carbonyl (C=O) groups is 1. The second-order valence-electron chi connectivity index (χ2n) is 4.17. The SMILES string of the molecule is COc1n[nH]c(NC(=O)C2CCCC2C)n1. The molecule has 1 aliphatic carbocycles. The molecule has 2 atom stereocenters. The van der Waals surface area contributed by atoms with Crippen LogP contribution >= 0.6 is 0 Å². The number of aromatic nitrogens is 3. The molecule has 0 radical (unpaired) electrons. The zero-order chi connectivity index (χ0) is 11.5. The molecule has 0 spiro atoms. The summed E-state index contributed by atoms with van der Waals surface area (Å²) < 4.78 is 4.82. The predicted octanol–water partition coefficient (Wildman–Crippen LogP) is 1.19. The quantitative estimate of drug-likeness (QED) is 0.808. The third-order valence-electron chi connectivity index (χ3n) is 3.09. The Morgan fingerprint density at radius 2 is 2.38 bits per heavy atom. The van der Waals surface area contributed by atoms with Crippen LogP contribution in [-0.4, -0.2) is 28.2 Å². The van der Waals surface area contributed by atoms with Crippen molar-refractivity contribution in [2.45, 2.75) is 26.2 Å². The summed E-state index contributed by atoms with van der Waals surface area (Å²) in [7, 11) is 1.48. The van der Waals surface area contributed by atoms with E-state index in [1.807, 2.05) is 0 Å². The summed E-state index contributed by atoms with van der Waals surface area (Å²) in [5, 5.41) is 9.09. The van der Waals surface area contributed by atoms with E-state index in [0.717, 1.165) is 19.3 Å². The molecule has 16 heavy (non-hydrogen) atoms. The molecule has 0 aromatic carbocycles. The van der Waals surface area contributed by atoms with Crippen molar-refractivity contribution in [3.63, 3.8) is 0 Å². The lowest BCUT2D eigenvalue weighted by Gasteiger charge is -2.13. The second-order valence-corrected chi connectivity index (χ2v) is 4.17. The van der Waals surface area contributed by atoms with Crippen LogP contribution in [0.4, 0.5) is 5.95 Å². The van der Waals surface area contributed by atoms with Gasteiger partial charge in [-0.1, -0.05) is 13.3 Å². The fraction of sp³-hybridized carbons (Fsp3) is 0.700. The van der Waals surface area contributed by atoms with Crippen LogP contribution in [0.15, 0.2) is 0 Å². The summed E-state index contributed by atoms with van der Waals surface area (Å²) in [6.07, 6.45) is 3.20. The van der Waals surface area contributed by atoms with Gasteiger partial charge in [0.25, 0.3) is 0 Å².